The molecule has 0 saturated carbocycles. The summed E-state index contributed by atoms with van der Waals surface area (Å²) in [4.78, 5) is 0. The van der Waals surface area contributed by atoms with Crippen LogP contribution in [0.5, 0.6) is 0 Å². The Morgan fingerprint density at radius 1 is 0.793 bits per heavy atom. The summed E-state index contributed by atoms with van der Waals surface area (Å²) in [7, 11) is 1.35. The second-order valence-electron chi connectivity index (χ2n) is 5.28. The maximum absolute atomic E-state index is 9.90. The fraction of sp³-hybridized carbons (Fsp3) is 0.647. The van der Waals surface area contributed by atoms with Crippen molar-refractivity contribution in [1.29, 1.82) is 0 Å². The van der Waals surface area contributed by atoms with Gasteiger partial charge in [-0.1, -0.05) is 46.0 Å². The van der Waals surface area contributed by atoms with E-state index < -0.39 is 0 Å². The van der Waals surface area contributed by atoms with E-state index in [1.54, 1.807) is 6.92 Å². The molecule has 0 aromatic carbocycles. The van der Waals surface area contributed by atoms with E-state index in [0.29, 0.717) is 22.8 Å². The van der Waals surface area contributed by atoms with Gasteiger partial charge in [0.2, 0.25) is 0 Å². The zero-order chi connectivity index (χ0) is 22.4. The molecule has 1 rings (SSSR count). The Balaban J connectivity index is -0.000000143. The monoisotopic (exact) mass is 462 g/mol. The molecule has 0 spiro atoms. The van der Waals surface area contributed by atoms with Gasteiger partial charge in [-0.2, -0.15) is 0 Å². The predicted molar refractivity (Wildman–Crippen MR) is 107 cm³/mol. The molecule has 0 amide bonds. The van der Waals surface area contributed by atoms with Gasteiger partial charge in [-0.05, 0) is 41.7 Å². The molecule has 0 aliphatic carbocycles. The molecule has 0 aromatic rings. The fourth-order valence-electron chi connectivity index (χ4n) is 1.14. The van der Waals surface area contributed by atoms with Gasteiger partial charge in [0, 0.05) is 5.95 Å². The van der Waals surface area contributed by atoms with E-state index in [2.05, 4.69) is 30.7 Å². The average Bonchev–Trinajstić information content (AvgIpc) is 2.78. The molecule has 1 aliphatic heterocycles. The molecular weight excluding hydrogens is 429 g/mol. The summed E-state index contributed by atoms with van der Waals surface area (Å²) < 4.78 is 4.20. The number of piperidine rings is 1. The second-order valence-corrected chi connectivity index (χ2v) is 5.28. The Hall–Kier alpha value is -2.31. The number of ether oxygens (including phenoxy) is 1. The van der Waals surface area contributed by atoms with E-state index in [1.807, 2.05) is 0 Å². The summed E-state index contributed by atoms with van der Waals surface area (Å²) in [5.41, 5.74) is 1.25. The van der Waals surface area contributed by atoms with Crippen molar-refractivity contribution in [3.8, 4) is 0 Å². The summed E-state index contributed by atoms with van der Waals surface area (Å²) in [5.74, 6) is -0.282. The van der Waals surface area contributed by atoms with E-state index in [0.717, 1.165) is 13.1 Å². The van der Waals surface area contributed by atoms with Gasteiger partial charge in [0.1, 0.15) is 22.8 Å². The fourth-order valence-corrected chi connectivity index (χ4v) is 1.14. The minimum atomic E-state index is -0.282. The molecule has 171 valence electrons. The number of hydrogen-bond acceptors (Lipinski definition) is 10. The molecule has 1 heterocycles. The number of oxime groups is 4. The number of allylic oxidation sites excluding steroid dienone is 1. The molecule has 0 bridgehead atoms. The van der Waals surface area contributed by atoms with Crippen LogP contribution in [-0.2, 0) is 21.5 Å². The van der Waals surface area contributed by atoms with Crippen molar-refractivity contribution in [2.75, 3.05) is 20.2 Å². The van der Waals surface area contributed by atoms with Crippen LogP contribution in [-0.4, -0.2) is 63.9 Å². The number of nitrogens with zero attached hydrogens (tertiary/aromatic N) is 5. The maximum Gasteiger partial charge on any atom is 2.00 e. The van der Waals surface area contributed by atoms with E-state index in [9.17, 15) is 5.11 Å². The first-order chi connectivity index (χ1) is 13.2. The van der Waals surface area contributed by atoms with Crippen LogP contribution in [0.3, 0.4) is 0 Å². The van der Waals surface area contributed by atoms with Crippen LogP contribution in [0.4, 0.5) is 0 Å². The zero-order valence-corrected chi connectivity index (χ0v) is 18.8. The van der Waals surface area contributed by atoms with Crippen LogP contribution in [0.25, 0.3) is 5.32 Å². The maximum atomic E-state index is 9.90. The van der Waals surface area contributed by atoms with Crippen LogP contribution >= 0.6 is 0 Å². The van der Waals surface area contributed by atoms with Gasteiger partial charge >= 0.3 is 16.8 Å². The third-order valence-corrected chi connectivity index (χ3v) is 3.22. The SMILES string of the molecule is C/C=C(/[O-])OC.C1CC[N-]CC1.CC(=N\O)/C(C)=N/O.CC(=N\O)/C(C)=N/O.[Co+2]. The summed E-state index contributed by atoms with van der Waals surface area (Å²) >= 11 is 0. The third-order valence-electron chi connectivity index (χ3n) is 3.22. The van der Waals surface area contributed by atoms with Crippen LogP contribution in [0, 0.1) is 0 Å². The minimum absolute atomic E-state index is 0. The molecule has 1 saturated heterocycles. The summed E-state index contributed by atoms with van der Waals surface area (Å²) in [6.07, 6.45) is 5.43. The molecule has 0 aromatic heterocycles. The van der Waals surface area contributed by atoms with Crippen LogP contribution in [0.1, 0.15) is 53.9 Å². The molecule has 0 atom stereocenters. The van der Waals surface area contributed by atoms with Crippen LogP contribution in [0.2, 0.25) is 0 Å². The number of rotatable bonds is 3. The molecule has 4 N–H and O–H groups in total. The van der Waals surface area contributed by atoms with Gasteiger partial charge in [0.15, 0.2) is 0 Å². The van der Waals surface area contributed by atoms with E-state index in [1.165, 1.54) is 60.1 Å². The average molecular weight is 462 g/mol. The summed E-state index contributed by atoms with van der Waals surface area (Å²) in [6.45, 7) is 10.0. The van der Waals surface area contributed by atoms with Crippen molar-refractivity contribution in [1.82, 2.24) is 0 Å². The first-order valence-corrected chi connectivity index (χ1v) is 8.51. The third kappa shape index (κ3) is 25.7. The van der Waals surface area contributed by atoms with Gasteiger partial charge in [0.25, 0.3) is 0 Å². The smallest absolute Gasteiger partial charge is 0.662 e. The first-order valence-electron chi connectivity index (χ1n) is 8.51. The van der Waals surface area contributed by atoms with E-state index in [-0.39, 0.29) is 22.7 Å². The van der Waals surface area contributed by atoms with Crippen molar-refractivity contribution in [3.63, 3.8) is 0 Å². The zero-order valence-electron chi connectivity index (χ0n) is 17.8. The van der Waals surface area contributed by atoms with Crippen molar-refractivity contribution in [2.45, 2.75) is 53.9 Å². The van der Waals surface area contributed by atoms with Gasteiger partial charge in [0.05, 0.1) is 0 Å². The Bertz CT molecular complexity index is 457. The van der Waals surface area contributed by atoms with Crippen LogP contribution in [0.15, 0.2) is 32.6 Å². The molecule has 11 nitrogen and oxygen atoms in total. The summed E-state index contributed by atoms with van der Waals surface area (Å²) in [6, 6.07) is 0. The Morgan fingerprint density at radius 3 is 1.17 bits per heavy atom. The Kier molecular flexibility index (Phi) is 30.3. The quantitative estimate of drug-likeness (QED) is 0.217. The first kappa shape index (κ1) is 34.2. The van der Waals surface area contributed by atoms with Crippen molar-refractivity contribution in [2.24, 2.45) is 20.6 Å². The topological polar surface area (TPSA) is 177 Å². The van der Waals surface area contributed by atoms with Crippen LogP contribution < -0.4 is 5.11 Å². The minimum Gasteiger partial charge on any atom is -0.662 e. The predicted octanol–water partition coefficient (Wildman–Crippen LogP) is 2.77. The molecule has 1 radical (unpaired) electrons. The van der Waals surface area contributed by atoms with Gasteiger partial charge in [-0.3, -0.25) is 0 Å². The molecule has 1 aliphatic rings. The number of methoxy groups -OCH3 is 1. The van der Waals surface area contributed by atoms with E-state index >= 15 is 0 Å². The molecule has 1 fully saturated rings. The standard InChI is InChI=1S/C5H10N.2C4H8N2O2.C4H8O2.Co/c1-2-4-6-5-3-1;2*1-3(5-7)4(2)6-8;1-3-4(5)6-2;/h1-5H2;2*7-8H,1-2H3;3,5H,1-2H3;/q-1;;;;+2/p-1/b;2*5-3+,6-4+;4-3-;. The van der Waals surface area contributed by atoms with Crippen molar-refractivity contribution < 1.29 is 47.5 Å². The Labute approximate surface area is 182 Å². The molecule has 29 heavy (non-hydrogen) atoms. The number of hydrogen-bond donors (Lipinski definition) is 4. The molecular formula is C17H33CoN5O6. The second kappa shape index (κ2) is 25.7. The molecule has 12 heteroatoms. The summed E-state index contributed by atoms with van der Waals surface area (Å²) in [5, 5.41) is 57.3. The Morgan fingerprint density at radius 2 is 1.10 bits per heavy atom. The van der Waals surface area contributed by atoms with Crippen molar-refractivity contribution >= 4 is 22.8 Å². The largest absolute Gasteiger partial charge is 2.00 e. The van der Waals surface area contributed by atoms with E-state index in [4.69, 9.17) is 20.8 Å². The van der Waals surface area contributed by atoms with Crippen molar-refractivity contribution in [3.05, 3.63) is 17.3 Å². The normalized spacial score (nSPS) is 15.2. The van der Waals surface area contributed by atoms with Gasteiger partial charge in [-0.15, -0.1) is 13.1 Å². The van der Waals surface area contributed by atoms with Gasteiger partial charge < -0.3 is 36.0 Å². The molecule has 0 unspecified atom stereocenters. The van der Waals surface area contributed by atoms with Gasteiger partial charge in [-0.25, -0.2) is 0 Å².